The fraction of sp³-hybridized carbons (Fsp3) is 0.400. The van der Waals surface area contributed by atoms with E-state index in [9.17, 15) is 0 Å². The number of aromatic nitrogens is 2. The van der Waals surface area contributed by atoms with E-state index in [-0.39, 0.29) is 5.54 Å². The Morgan fingerprint density at radius 3 is 2.58 bits per heavy atom. The topological polar surface area (TPSA) is 29.9 Å². The average Bonchev–Trinajstić information content (AvgIpc) is 2.72. The van der Waals surface area contributed by atoms with Crippen LogP contribution in [0.1, 0.15) is 31.9 Å². The predicted octanol–water partition coefficient (Wildman–Crippen LogP) is 3.67. The Bertz CT molecular complexity index is 567. The number of benzene rings is 1. The average molecular weight is 369 g/mol. The largest absolute Gasteiger partial charge is 0.308 e. The highest BCUT2D eigenvalue weighted by Gasteiger charge is 2.09. The summed E-state index contributed by atoms with van der Waals surface area (Å²) in [5.74, 6) is 0. The highest BCUT2D eigenvalue weighted by molar-refractivity contribution is 14.1. The van der Waals surface area contributed by atoms with Gasteiger partial charge >= 0.3 is 0 Å². The van der Waals surface area contributed by atoms with Gasteiger partial charge in [0, 0.05) is 18.3 Å². The minimum atomic E-state index is 0.144. The van der Waals surface area contributed by atoms with Gasteiger partial charge in [-0.1, -0.05) is 12.1 Å². The van der Waals surface area contributed by atoms with Crippen LogP contribution in [0.4, 0.5) is 0 Å². The Morgan fingerprint density at radius 2 is 2.05 bits per heavy atom. The molecule has 19 heavy (non-hydrogen) atoms. The van der Waals surface area contributed by atoms with Crippen LogP contribution in [0.25, 0.3) is 5.69 Å². The predicted molar refractivity (Wildman–Crippen MR) is 87.6 cm³/mol. The van der Waals surface area contributed by atoms with Crippen molar-refractivity contribution in [1.29, 1.82) is 0 Å². The summed E-state index contributed by atoms with van der Waals surface area (Å²) in [4.78, 5) is 0. The summed E-state index contributed by atoms with van der Waals surface area (Å²) in [6.07, 6.45) is 3.91. The molecule has 0 aliphatic carbocycles. The van der Waals surface area contributed by atoms with Gasteiger partial charge in [-0.25, -0.2) is 4.68 Å². The van der Waals surface area contributed by atoms with Gasteiger partial charge in [0.05, 0.1) is 15.5 Å². The first-order valence-electron chi connectivity index (χ1n) is 6.40. The number of aryl methyl sites for hydroxylation is 1. The number of rotatable bonds is 3. The molecule has 1 heterocycles. The molecule has 0 fully saturated rings. The van der Waals surface area contributed by atoms with Gasteiger partial charge in [-0.3, -0.25) is 0 Å². The van der Waals surface area contributed by atoms with Crippen molar-refractivity contribution in [2.45, 2.75) is 39.8 Å². The van der Waals surface area contributed by atoms with Crippen molar-refractivity contribution >= 4 is 22.6 Å². The molecule has 0 aliphatic rings. The van der Waals surface area contributed by atoms with Crippen LogP contribution in [0.15, 0.2) is 30.6 Å². The first-order valence-corrected chi connectivity index (χ1v) is 7.48. The number of hydrogen-bond donors (Lipinski definition) is 1. The molecule has 2 aromatic rings. The lowest BCUT2D eigenvalue weighted by Crippen LogP contribution is -2.35. The summed E-state index contributed by atoms with van der Waals surface area (Å²) >= 11 is 2.27. The van der Waals surface area contributed by atoms with Crippen molar-refractivity contribution in [3.05, 3.63) is 45.3 Å². The molecule has 102 valence electrons. The van der Waals surface area contributed by atoms with Crippen molar-refractivity contribution in [2.75, 3.05) is 0 Å². The monoisotopic (exact) mass is 369 g/mol. The van der Waals surface area contributed by atoms with Gasteiger partial charge < -0.3 is 5.32 Å². The minimum Gasteiger partial charge on any atom is -0.308 e. The van der Waals surface area contributed by atoms with E-state index in [2.05, 4.69) is 78.9 Å². The lowest BCUT2D eigenvalue weighted by Gasteiger charge is -2.21. The van der Waals surface area contributed by atoms with Crippen LogP contribution in [0.3, 0.4) is 0 Å². The van der Waals surface area contributed by atoms with Crippen LogP contribution in [0, 0.1) is 10.5 Å². The van der Waals surface area contributed by atoms with Crippen LogP contribution in [-0.2, 0) is 6.54 Å². The van der Waals surface area contributed by atoms with Gasteiger partial charge in [-0.15, -0.1) is 0 Å². The van der Waals surface area contributed by atoms with Crippen LogP contribution >= 0.6 is 22.6 Å². The van der Waals surface area contributed by atoms with Crippen molar-refractivity contribution in [3.8, 4) is 5.69 Å². The van der Waals surface area contributed by atoms with E-state index in [1.54, 1.807) is 0 Å². The third-order valence-electron chi connectivity index (χ3n) is 2.88. The Kier molecular flexibility index (Phi) is 4.30. The molecule has 1 aromatic heterocycles. The molecule has 2 rings (SSSR count). The first-order chi connectivity index (χ1) is 8.85. The van der Waals surface area contributed by atoms with E-state index in [0.29, 0.717) is 0 Å². The quantitative estimate of drug-likeness (QED) is 0.837. The van der Waals surface area contributed by atoms with E-state index in [0.717, 1.165) is 15.8 Å². The Balaban J connectivity index is 2.18. The zero-order chi connectivity index (χ0) is 14.0. The molecule has 0 bridgehead atoms. The third kappa shape index (κ3) is 4.04. The zero-order valence-corrected chi connectivity index (χ0v) is 14.0. The Hall–Kier alpha value is -0.880. The smallest absolute Gasteiger partial charge is 0.0675 e. The maximum Gasteiger partial charge on any atom is 0.0675 e. The van der Waals surface area contributed by atoms with Crippen LogP contribution < -0.4 is 5.32 Å². The van der Waals surface area contributed by atoms with Crippen LogP contribution in [-0.4, -0.2) is 15.3 Å². The number of halogens is 1. The van der Waals surface area contributed by atoms with E-state index in [4.69, 9.17) is 0 Å². The van der Waals surface area contributed by atoms with E-state index in [1.807, 2.05) is 17.1 Å². The summed E-state index contributed by atoms with van der Waals surface area (Å²) in [5, 5.41) is 7.86. The minimum absolute atomic E-state index is 0.144. The molecule has 0 unspecified atom stereocenters. The lowest BCUT2D eigenvalue weighted by atomic mass is 10.1. The number of hydrogen-bond acceptors (Lipinski definition) is 2. The summed E-state index contributed by atoms with van der Waals surface area (Å²) < 4.78 is 3.08. The summed E-state index contributed by atoms with van der Waals surface area (Å²) in [6, 6.07) is 6.52. The molecule has 4 heteroatoms. The fourth-order valence-electron chi connectivity index (χ4n) is 1.88. The van der Waals surface area contributed by atoms with Gasteiger partial charge in [0.25, 0.3) is 0 Å². The normalized spacial score (nSPS) is 11.8. The summed E-state index contributed by atoms with van der Waals surface area (Å²) in [6.45, 7) is 9.56. The second-order valence-corrected chi connectivity index (χ2v) is 7.07. The second kappa shape index (κ2) is 5.63. The zero-order valence-electron chi connectivity index (χ0n) is 11.9. The molecule has 0 spiro atoms. The van der Waals surface area contributed by atoms with Crippen molar-refractivity contribution in [1.82, 2.24) is 15.1 Å². The molecule has 0 radical (unpaired) electrons. The maximum atomic E-state index is 4.36. The molecular formula is C15H20IN3. The summed E-state index contributed by atoms with van der Waals surface area (Å²) in [5.41, 5.74) is 3.83. The second-order valence-electron chi connectivity index (χ2n) is 5.83. The SMILES string of the molecule is Cc1cc(CNC(C)(C)C)ccc1-n1cc(I)cn1. The lowest BCUT2D eigenvalue weighted by molar-refractivity contribution is 0.424. The molecule has 0 saturated carbocycles. The van der Waals surface area contributed by atoms with Crippen LogP contribution in [0.5, 0.6) is 0 Å². The highest BCUT2D eigenvalue weighted by Crippen LogP contribution is 2.17. The fourth-order valence-corrected chi connectivity index (χ4v) is 2.27. The number of nitrogens with zero attached hydrogens (tertiary/aromatic N) is 2. The van der Waals surface area contributed by atoms with Gasteiger partial charge in [0.2, 0.25) is 0 Å². The van der Waals surface area contributed by atoms with Gasteiger partial charge in [-0.2, -0.15) is 5.10 Å². The van der Waals surface area contributed by atoms with Crippen LogP contribution in [0.2, 0.25) is 0 Å². The van der Waals surface area contributed by atoms with Crippen molar-refractivity contribution in [2.24, 2.45) is 0 Å². The van der Waals surface area contributed by atoms with Gasteiger partial charge in [-0.05, 0) is 67.5 Å². The first kappa shape index (κ1) is 14.5. The molecule has 1 N–H and O–H groups in total. The van der Waals surface area contributed by atoms with Gasteiger partial charge in [0.15, 0.2) is 0 Å². The number of nitrogens with one attached hydrogen (secondary N) is 1. The highest BCUT2D eigenvalue weighted by atomic mass is 127. The van der Waals surface area contributed by atoms with E-state index >= 15 is 0 Å². The van der Waals surface area contributed by atoms with Crippen molar-refractivity contribution < 1.29 is 0 Å². The molecule has 0 saturated heterocycles. The molecule has 3 nitrogen and oxygen atoms in total. The Morgan fingerprint density at radius 1 is 1.32 bits per heavy atom. The molecule has 0 amide bonds. The Labute approximate surface area is 128 Å². The standard InChI is InChI=1S/C15H20IN3/c1-11-7-12(8-17-15(2,3)4)5-6-14(11)19-10-13(16)9-18-19/h5-7,9-10,17H,8H2,1-4H3. The van der Waals surface area contributed by atoms with E-state index < -0.39 is 0 Å². The third-order valence-corrected chi connectivity index (χ3v) is 3.44. The molecule has 0 aliphatic heterocycles. The maximum absolute atomic E-state index is 4.36. The molecular weight excluding hydrogens is 349 g/mol. The van der Waals surface area contributed by atoms with Gasteiger partial charge in [0.1, 0.15) is 0 Å². The van der Waals surface area contributed by atoms with Crippen molar-refractivity contribution in [3.63, 3.8) is 0 Å². The molecule has 0 atom stereocenters. The molecule has 1 aromatic carbocycles. The summed E-state index contributed by atoms with van der Waals surface area (Å²) in [7, 11) is 0. The van der Waals surface area contributed by atoms with E-state index in [1.165, 1.54) is 11.1 Å².